The van der Waals surface area contributed by atoms with Gasteiger partial charge in [-0.3, -0.25) is 0 Å². The third-order valence-electron chi connectivity index (χ3n) is 4.47. The van der Waals surface area contributed by atoms with E-state index in [1.165, 1.54) is 48.9 Å². The molecule has 1 aromatic heterocycles. The van der Waals surface area contributed by atoms with Crippen LogP contribution in [-0.2, 0) is 6.42 Å². The molecule has 3 heteroatoms. The summed E-state index contributed by atoms with van der Waals surface area (Å²) in [5.41, 5.74) is 2.70. The molecule has 0 saturated carbocycles. The Morgan fingerprint density at radius 1 is 1.20 bits per heavy atom. The molecular formula is C17H25N3. The highest BCUT2D eigenvalue weighted by atomic mass is 15.1. The molecule has 1 fully saturated rings. The summed E-state index contributed by atoms with van der Waals surface area (Å²) in [6.07, 6.45) is 5.96. The van der Waals surface area contributed by atoms with Crippen molar-refractivity contribution in [1.82, 2.24) is 15.2 Å². The van der Waals surface area contributed by atoms with Crippen LogP contribution >= 0.6 is 0 Å². The largest absolute Gasteiger partial charge is 0.361 e. The SMILES string of the molecule is CN(CCc1c[nH]c2ccccc12)CC1CCNCC1. The van der Waals surface area contributed by atoms with Crippen molar-refractivity contribution < 1.29 is 0 Å². The van der Waals surface area contributed by atoms with Crippen LogP contribution in [0.15, 0.2) is 30.5 Å². The van der Waals surface area contributed by atoms with E-state index in [4.69, 9.17) is 0 Å². The van der Waals surface area contributed by atoms with E-state index < -0.39 is 0 Å². The van der Waals surface area contributed by atoms with Crippen molar-refractivity contribution in [1.29, 1.82) is 0 Å². The summed E-state index contributed by atoms with van der Waals surface area (Å²) in [5.74, 6) is 0.879. The van der Waals surface area contributed by atoms with Crippen LogP contribution in [-0.4, -0.2) is 43.1 Å². The van der Waals surface area contributed by atoms with E-state index in [2.05, 4.69) is 52.7 Å². The van der Waals surface area contributed by atoms with Gasteiger partial charge in [0.2, 0.25) is 0 Å². The van der Waals surface area contributed by atoms with Gasteiger partial charge in [0.25, 0.3) is 0 Å². The van der Waals surface area contributed by atoms with Crippen molar-refractivity contribution in [3.8, 4) is 0 Å². The maximum Gasteiger partial charge on any atom is 0.0456 e. The first-order chi connectivity index (χ1) is 9.83. The Labute approximate surface area is 121 Å². The fraction of sp³-hybridized carbons (Fsp3) is 0.529. The number of benzene rings is 1. The lowest BCUT2D eigenvalue weighted by Gasteiger charge is -2.27. The quantitative estimate of drug-likeness (QED) is 0.876. The third-order valence-corrected chi connectivity index (χ3v) is 4.47. The van der Waals surface area contributed by atoms with Crippen LogP contribution < -0.4 is 5.32 Å². The summed E-state index contributed by atoms with van der Waals surface area (Å²) in [6, 6.07) is 8.58. The molecule has 20 heavy (non-hydrogen) atoms. The number of hydrogen-bond acceptors (Lipinski definition) is 2. The van der Waals surface area contributed by atoms with Gasteiger partial charge in [-0.25, -0.2) is 0 Å². The van der Waals surface area contributed by atoms with E-state index in [0.29, 0.717) is 0 Å². The highest BCUT2D eigenvalue weighted by Crippen LogP contribution is 2.19. The normalized spacial score (nSPS) is 17.1. The zero-order valence-corrected chi connectivity index (χ0v) is 12.4. The van der Waals surface area contributed by atoms with Gasteiger partial charge in [0.1, 0.15) is 0 Å². The Morgan fingerprint density at radius 3 is 2.85 bits per heavy atom. The molecule has 1 aliphatic rings. The fourth-order valence-corrected chi connectivity index (χ4v) is 3.25. The molecule has 0 spiro atoms. The summed E-state index contributed by atoms with van der Waals surface area (Å²) in [6.45, 7) is 4.78. The molecule has 0 atom stereocenters. The minimum atomic E-state index is 0.879. The molecule has 108 valence electrons. The number of piperidine rings is 1. The van der Waals surface area contributed by atoms with Crippen LogP contribution in [0, 0.1) is 5.92 Å². The van der Waals surface area contributed by atoms with Crippen molar-refractivity contribution >= 4 is 10.9 Å². The molecule has 2 heterocycles. The Morgan fingerprint density at radius 2 is 2.00 bits per heavy atom. The van der Waals surface area contributed by atoms with Crippen molar-refractivity contribution in [3.05, 3.63) is 36.0 Å². The van der Waals surface area contributed by atoms with Crippen LogP contribution in [0.1, 0.15) is 18.4 Å². The lowest BCUT2D eigenvalue weighted by molar-refractivity contribution is 0.242. The second-order valence-corrected chi connectivity index (χ2v) is 6.07. The number of nitrogens with zero attached hydrogens (tertiary/aromatic N) is 1. The lowest BCUT2D eigenvalue weighted by Crippen LogP contribution is -2.35. The monoisotopic (exact) mass is 271 g/mol. The number of rotatable bonds is 5. The zero-order chi connectivity index (χ0) is 13.8. The van der Waals surface area contributed by atoms with Crippen molar-refractivity contribution in [3.63, 3.8) is 0 Å². The fourth-order valence-electron chi connectivity index (χ4n) is 3.25. The van der Waals surface area contributed by atoms with Gasteiger partial charge in [-0.1, -0.05) is 18.2 Å². The van der Waals surface area contributed by atoms with E-state index in [-0.39, 0.29) is 0 Å². The molecule has 3 nitrogen and oxygen atoms in total. The van der Waals surface area contributed by atoms with Gasteiger partial charge in [0.05, 0.1) is 0 Å². The Kier molecular flexibility index (Phi) is 4.38. The first-order valence-corrected chi connectivity index (χ1v) is 7.77. The minimum absolute atomic E-state index is 0.879. The predicted molar refractivity (Wildman–Crippen MR) is 85.1 cm³/mol. The van der Waals surface area contributed by atoms with Crippen LogP contribution in [0.25, 0.3) is 10.9 Å². The van der Waals surface area contributed by atoms with Gasteiger partial charge in [-0.05, 0) is 56.9 Å². The smallest absolute Gasteiger partial charge is 0.0456 e. The minimum Gasteiger partial charge on any atom is -0.361 e. The second kappa shape index (κ2) is 6.42. The van der Waals surface area contributed by atoms with Gasteiger partial charge in [-0.2, -0.15) is 0 Å². The molecular weight excluding hydrogens is 246 g/mol. The lowest BCUT2D eigenvalue weighted by atomic mass is 9.97. The van der Waals surface area contributed by atoms with E-state index in [0.717, 1.165) is 18.9 Å². The van der Waals surface area contributed by atoms with E-state index >= 15 is 0 Å². The Balaban J connectivity index is 1.53. The standard InChI is InChI=1S/C17H25N3/c1-20(13-14-6-9-18-10-7-14)11-8-15-12-19-17-5-3-2-4-16(15)17/h2-5,12,14,18-19H,6-11,13H2,1H3. The molecule has 0 unspecified atom stereocenters. The topological polar surface area (TPSA) is 31.1 Å². The molecule has 1 aliphatic heterocycles. The first-order valence-electron chi connectivity index (χ1n) is 7.77. The Bertz CT molecular complexity index is 540. The number of para-hydroxylation sites is 1. The van der Waals surface area contributed by atoms with Gasteiger partial charge >= 0.3 is 0 Å². The number of nitrogens with one attached hydrogen (secondary N) is 2. The maximum atomic E-state index is 3.44. The number of fused-ring (bicyclic) bond motifs is 1. The number of aromatic amines is 1. The van der Waals surface area contributed by atoms with Crippen LogP contribution in [0.2, 0.25) is 0 Å². The molecule has 0 aliphatic carbocycles. The highest BCUT2D eigenvalue weighted by Gasteiger charge is 2.15. The third kappa shape index (κ3) is 3.22. The average molecular weight is 271 g/mol. The van der Waals surface area contributed by atoms with Gasteiger partial charge < -0.3 is 15.2 Å². The summed E-state index contributed by atoms with van der Waals surface area (Å²) >= 11 is 0. The van der Waals surface area contributed by atoms with Crippen LogP contribution in [0.3, 0.4) is 0 Å². The molecule has 2 aromatic rings. The van der Waals surface area contributed by atoms with Crippen molar-refractivity contribution in [2.24, 2.45) is 5.92 Å². The highest BCUT2D eigenvalue weighted by molar-refractivity contribution is 5.83. The number of H-pyrrole nitrogens is 1. The Hall–Kier alpha value is -1.32. The summed E-state index contributed by atoms with van der Waals surface area (Å²) in [4.78, 5) is 5.86. The molecule has 0 radical (unpaired) electrons. The summed E-state index contributed by atoms with van der Waals surface area (Å²) < 4.78 is 0. The van der Waals surface area contributed by atoms with E-state index in [9.17, 15) is 0 Å². The van der Waals surface area contributed by atoms with Crippen LogP contribution in [0.5, 0.6) is 0 Å². The molecule has 2 N–H and O–H groups in total. The van der Waals surface area contributed by atoms with Crippen molar-refractivity contribution in [2.45, 2.75) is 19.3 Å². The zero-order valence-electron chi connectivity index (χ0n) is 12.4. The predicted octanol–water partition coefficient (Wildman–Crippen LogP) is 2.64. The first kappa shape index (κ1) is 13.7. The molecule has 1 aromatic carbocycles. The van der Waals surface area contributed by atoms with Crippen molar-refractivity contribution in [2.75, 3.05) is 33.2 Å². The number of hydrogen-bond donors (Lipinski definition) is 2. The molecule has 1 saturated heterocycles. The molecule has 3 rings (SSSR count). The van der Waals surface area contributed by atoms with Crippen LogP contribution in [0.4, 0.5) is 0 Å². The van der Waals surface area contributed by atoms with Gasteiger partial charge in [0.15, 0.2) is 0 Å². The van der Waals surface area contributed by atoms with Gasteiger partial charge in [0, 0.05) is 30.2 Å². The van der Waals surface area contributed by atoms with E-state index in [1.54, 1.807) is 0 Å². The molecule has 0 amide bonds. The second-order valence-electron chi connectivity index (χ2n) is 6.07. The maximum absolute atomic E-state index is 3.44. The van der Waals surface area contributed by atoms with Gasteiger partial charge in [-0.15, -0.1) is 0 Å². The average Bonchev–Trinajstić information content (AvgIpc) is 2.89. The number of aromatic nitrogens is 1. The van der Waals surface area contributed by atoms with E-state index in [1.807, 2.05) is 0 Å². The number of likely N-dealkylation sites (N-methyl/N-ethyl adjacent to an activating group) is 1. The summed E-state index contributed by atoms with van der Waals surface area (Å²) in [7, 11) is 2.26. The summed E-state index contributed by atoms with van der Waals surface area (Å²) in [5, 5.41) is 4.82. The molecule has 0 bridgehead atoms.